The number of anilines is 1. The SMILES string of the molecule is COC(=O)CSCC(=O)Nc1ccccc1C. The number of thioether (sulfide) groups is 1. The van der Waals surface area contributed by atoms with Crippen molar-refractivity contribution in [1.82, 2.24) is 0 Å². The molecule has 0 spiro atoms. The summed E-state index contributed by atoms with van der Waals surface area (Å²) < 4.78 is 4.48. The zero-order valence-corrected chi connectivity index (χ0v) is 10.7. The number of ether oxygens (including phenoxy) is 1. The van der Waals surface area contributed by atoms with Crippen LogP contribution in [0.4, 0.5) is 5.69 Å². The van der Waals surface area contributed by atoms with Gasteiger partial charge in [-0.3, -0.25) is 9.59 Å². The highest BCUT2D eigenvalue weighted by atomic mass is 32.2. The first-order valence-corrected chi connectivity index (χ1v) is 6.29. The number of nitrogens with one attached hydrogen (secondary N) is 1. The molecule has 5 heteroatoms. The van der Waals surface area contributed by atoms with E-state index in [1.807, 2.05) is 31.2 Å². The first-order valence-electron chi connectivity index (χ1n) is 5.13. The summed E-state index contributed by atoms with van der Waals surface area (Å²) in [6.07, 6.45) is 0. The molecule has 0 unspecified atom stereocenters. The first kappa shape index (κ1) is 13.6. The van der Waals surface area contributed by atoms with Gasteiger partial charge in [-0.1, -0.05) is 18.2 Å². The van der Waals surface area contributed by atoms with Crippen molar-refractivity contribution in [3.63, 3.8) is 0 Å². The van der Waals surface area contributed by atoms with Gasteiger partial charge in [-0.15, -0.1) is 11.8 Å². The van der Waals surface area contributed by atoms with Crippen molar-refractivity contribution < 1.29 is 14.3 Å². The minimum Gasteiger partial charge on any atom is -0.468 e. The van der Waals surface area contributed by atoms with E-state index in [0.29, 0.717) is 0 Å². The fourth-order valence-corrected chi connectivity index (χ4v) is 1.83. The van der Waals surface area contributed by atoms with Crippen LogP contribution in [0.1, 0.15) is 5.56 Å². The molecular weight excluding hydrogens is 238 g/mol. The van der Waals surface area contributed by atoms with Crippen molar-refractivity contribution in [3.05, 3.63) is 29.8 Å². The Bertz CT molecular complexity index is 406. The molecule has 1 rings (SSSR count). The Hall–Kier alpha value is -1.49. The van der Waals surface area contributed by atoms with Crippen molar-refractivity contribution in [2.24, 2.45) is 0 Å². The second-order valence-corrected chi connectivity index (χ2v) is 4.42. The van der Waals surface area contributed by atoms with Crippen LogP contribution in [0.15, 0.2) is 24.3 Å². The summed E-state index contributed by atoms with van der Waals surface area (Å²) in [5, 5.41) is 2.79. The molecule has 0 aliphatic heterocycles. The molecule has 4 nitrogen and oxygen atoms in total. The largest absolute Gasteiger partial charge is 0.468 e. The summed E-state index contributed by atoms with van der Waals surface area (Å²) in [6, 6.07) is 7.55. The number of hydrogen-bond acceptors (Lipinski definition) is 4. The van der Waals surface area contributed by atoms with Gasteiger partial charge in [-0.25, -0.2) is 0 Å². The lowest BCUT2D eigenvalue weighted by Gasteiger charge is -2.07. The Morgan fingerprint density at radius 3 is 2.65 bits per heavy atom. The Balaban J connectivity index is 2.35. The van der Waals surface area contributed by atoms with E-state index in [9.17, 15) is 9.59 Å². The van der Waals surface area contributed by atoms with Gasteiger partial charge < -0.3 is 10.1 Å². The lowest BCUT2D eigenvalue weighted by atomic mass is 10.2. The fourth-order valence-electron chi connectivity index (χ4n) is 1.19. The third-order valence-electron chi connectivity index (χ3n) is 2.10. The van der Waals surface area contributed by atoms with Crippen molar-refractivity contribution >= 4 is 29.3 Å². The molecule has 1 aromatic carbocycles. The third kappa shape index (κ3) is 4.91. The molecule has 0 radical (unpaired) electrons. The summed E-state index contributed by atoms with van der Waals surface area (Å²) >= 11 is 1.23. The van der Waals surface area contributed by atoms with Gasteiger partial charge in [0.2, 0.25) is 5.91 Å². The molecule has 17 heavy (non-hydrogen) atoms. The minimum absolute atomic E-state index is 0.117. The average molecular weight is 253 g/mol. The van der Waals surface area contributed by atoms with Crippen LogP contribution in [0.2, 0.25) is 0 Å². The van der Waals surface area contributed by atoms with Gasteiger partial charge in [-0.2, -0.15) is 0 Å². The average Bonchev–Trinajstić information content (AvgIpc) is 2.32. The maximum absolute atomic E-state index is 11.6. The van der Waals surface area contributed by atoms with E-state index in [1.54, 1.807) is 0 Å². The lowest BCUT2D eigenvalue weighted by molar-refractivity contribution is -0.137. The van der Waals surface area contributed by atoms with Crippen molar-refractivity contribution in [2.75, 3.05) is 23.9 Å². The van der Waals surface area contributed by atoms with Gasteiger partial charge >= 0.3 is 5.97 Å². The molecule has 92 valence electrons. The van der Waals surface area contributed by atoms with E-state index in [2.05, 4.69) is 10.1 Å². The predicted octanol–water partition coefficient (Wildman–Crippen LogP) is 1.84. The van der Waals surface area contributed by atoms with Crippen LogP contribution in [0, 0.1) is 6.92 Å². The van der Waals surface area contributed by atoms with Gasteiger partial charge in [-0.05, 0) is 18.6 Å². The number of rotatable bonds is 5. The van der Waals surface area contributed by atoms with Gasteiger partial charge in [0.1, 0.15) is 0 Å². The van der Waals surface area contributed by atoms with Gasteiger partial charge in [0.05, 0.1) is 18.6 Å². The number of benzene rings is 1. The third-order valence-corrected chi connectivity index (χ3v) is 3.01. The first-order chi connectivity index (χ1) is 8.13. The number of carbonyl (C=O) groups excluding carboxylic acids is 2. The van der Waals surface area contributed by atoms with Gasteiger partial charge in [0, 0.05) is 5.69 Å². The van der Waals surface area contributed by atoms with Gasteiger partial charge in [0.25, 0.3) is 0 Å². The summed E-state index contributed by atoms with van der Waals surface area (Å²) in [7, 11) is 1.33. The highest BCUT2D eigenvalue weighted by Gasteiger charge is 2.06. The molecule has 1 amide bonds. The molecular formula is C12H15NO3S. The molecule has 0 saturated heterocycles. The topological polar surface area (TPSA) is 55.4 Å². The molecule has 0 fully saturated rings. The van der Waals surface area contributed by atoms with Crippen LogP contribution < -0.4 is 5.32 Å². The normalized spacial score (nSPS) is 9.76. The van der Waals surface area contributed by atoms with Crippen LogP contribution in [-0.2, 0) is 14.3 Å². The highest BCUT2D eigenvalue weighted by molar-refractivity contribution is 8.00. The van der Waals surface area contributed by atoms with Crippen LogP contribution in [0.3, 0.4) is 0 Å². The number of aryl methyl sites for hydroxylation is 1. The number of para-hydroxylation sites is 1. The number of esters is 1. The lowest BCUT2D eigenvalue weighted by Crippen LogP contribution is -2.16. The molecule has 0 aliphatic rings. The van der Waals surface area contributed by atoms with Gasteiger partial charge in [0.15, 0.2) is 0 Å². The molecule has 1 aromatic rings. The van der Waals surface area contributed by atoms with Crippen molar-refractivity contribution in [1.29, 1.82) is 0 Å². The molecule has 0 bridgehead atoms. The van der Waals surface area contributed by atoms with E-state index in [1.165, 1.54) is 18.9 Å². The summed E-state index contributed by atoms with van der Waals surface area (Å²) in [5.41, 5.74) is 1.81. The molecule has 0 saturated carbocycles. The molecule has 0 atom stereocenters. The number of methoxy groups -OCH3 is 1. The van der Waals surface area contributed by atoms with Crippen LogP contribution >= 0.6 is 11.8 Å². The molecule has 1 N–H and O–H groups in total. The smallest absolute Gasteiger partial charge is 0.315 e. The van der Waals surface area contributed by atoms with Crippen LogP contribution in [0.25, 0.3) is 0 Å². The highest BCUT2D eigenvalue weighted by Crippen LogP contribution is 2.13. The van der Waals surface area contributed by atoms with Crippen molar-refractivity contribution in [3.8, 4) is 0 Å². The van der Waals surface area contributed by atoms with E-state index in [-0.39, 0.29) is 23.4 Å². The summed E-state index contributed by atoms with van der Waals surface area (Å²) in [5.74, 6) is -0.00639. The zero-order valence-electron chi connectivity index (χ0n) is 9.86. The Morgan fingerprint density at radius 1 is 1.29 bits per heavy atom. The van der Waals surface area contributed by atoms with Crippen molar-refractivity contribution in [2.45, 2.75) is 6.92 Å². The standard InChI is InChI=1S/C12H15NO3S/c1-9-5-3-4-6-10(9)13-11(14)7-17-8-12(15)16-2/h3-6H,7-8H2,1-2H3,(H,13,14). The second kappa shape index (κ2) is 6.96. The molecule has 0 aromatic heterocycles. The quantitative estimate of drug-likeness (QED) is 0.813. The van der Waals surface area contributed by atoms with E-state index in [0.717, 1.165) is 11.3 Å². The maximum Gasteiger partial charge on any atom is 0.315 e. The maximum atomic E-state index is 11.6. The molecule has 0 aliphatic carbocycles. The molecule has 0 heterocycles. The monoisotopic (exact) mass is 253 g/mol. The Kier molecular flexibility index (Phi) is 5.56. The Morgan fingerprint density at radius 2 is 2.00 bits per heavy atom. The van der Waals surface area contributed by atoms with Crippen LogP contribution in [0.5, 0.6) is 0 Å². The second-order valence-electron chi connectivity index (χ2n) is 3.43. The van der Waals surface area contributed by atoms with E-state index < -0.39 is 0 Å². The number of carbonyl (C=O) groups is 2. The van der Waals surface area contributed by atoms with E-state index >= 15 is 0 Å². The fraction of sp³-hybridized carbons (Fsp3) is 0.333. The zero-order chi connectivity index (χ0) is 12.7. The minimum atomic E-state index is -0.321. The Labute approximate surface area is 105 Å². The summed E-state index contributed by atoms with van der Waals surface area (Å²) in [4.78, 5) is 22.4. The number of amides is 1. The predicted molar refractivity (Wildman–Crippen MR) is 69.1 cm³/mol. The van der Waals surface area contributed by atoms with E-state index in [4.69, 9.17) is 0 Å². The summed E-state index contributed by atoms with van der Waals surface area (Å²) in [6.45, 7) is 1.93. The van der Waals surface area contributed by atoms with Crippen LogP contribution in [-0.4, -0.2) is 30.5 Å². The number of hydrogen-bond donors (Lipinski definition) is 1.